The molecule has 1 heterocycles. The van der Waals surface area contributed by atoms with Gasteiger partial charge < -0.3 is 10.1 Å². The quantitative estimate of drug-likeness (QED) is 0.894. The first kappa shape index (κ1) is 13.5. The number of nitrogens with one attached hydrogen (secondary N) is 1. The fraction of sp³-hybridized carbons (Fsp3) is 0.333. The van der Waals surface area contributed by atoms with Gasteiger partial charge in [-0.2, -0.15) is 0 Å². The third kappa shape index (κ3) is 4.34. The fourth-order valence-corrected chi connectivity index (χ4v) is 1.59. The molecule has 1 aromatic carbocycles. The molecule has 2 aromatic rings. The highest BCUT2D eigenvalue weighted by molar-refractivity contribution is 5.29. The van der Waals surface area contributed by atoms with Crippen molar-refractivity contribution in [3.8, 4) is 11.8 Å². The molecule has 0 radical (unpaired) electrons. The smallest absolute Gasteiger partial charge is 0.321 e. The van der Waals surface area contributed by atoms with Gasteiger partial charge >= 0.3 is 6.01 Å². The second-order valence-corrected chi connectivity index (χ2v) is 4.83. The van der Waals surface area contributed by atoms with Gasteiger partial charge in [0.2, 0.25) is 0 Å². The first-order chi connectivity index (χ1) is 9.13. The molecule has 0 saturated heterocycles. The van der Waals surface area contributed by atoms with Crippen LogP contribution in [-0.4, -0.2) is 16.0 Å². The Morgan fingerprint density at radius 3 is 2.58 bits per heavy atom. The van der Waals surface area contributed by atoms with Gasteiger partial charge in [-0.25, -0.2) is 9.97 Å². The van der Waals surface area contributed by atoms with Gasteiger partial charge in [-0.05, 0) is 24.6 Å². The van der Waals surface area contributed by atoms with Gasteiger partial charge in [0, 0.05) is 30.5 Å². The van der Waals surface area contributed by atoms with Crippen molar-refractivity contribution in [2.75, 3.05) is 0 Å². The van der Waals surface area contributed by atoms with Gasteiger partial charge in [0.25, 0.3) is 0 Å². The SMILES string of the molecule is Cc1cccc(Oc2ncc(CNC(C)C)cn2)c1. The van der Waals surface area contributed by atoms with Crippen molar-refractivity contribution in [2.24, 2.45) is 0 Å². The summed E-state index contributed by atoms with van der Waals surface area (Å²) in [6, 6.07) is 8.64. The molecular weight excluding hydrogens is 238 g/mol. The Bertz CT molecular complexity index is 523. The maximum atomic E-state index is 5.60. The maximum Gasteiger partial charge on any atom is 0.321 e. The summed E-state index contributed by atoms with van der Waals surface area (Å²) in [5.74, 6) is 0.757. The summed E-state index contributed by atoms with van der Waals surface area (Å²) in [5, 5.41) is 3.32. The molecule has 0 atom stereocenters. The molecule has 0 aliphatic carbocycles. The highest BCUT2D eigenvalue weighted by atomic mass is 16.5. The fourth-order valence-electron chi connectivity index (χ4n) is 1.59. The van der Waals surface area contributed by atoms with Gasteiger partial charge in [0.1, 0.15) is 5.75 Å². The Labute approximate surface area is 113 Å². The molecule has 2 rings (SSSR count). The summed E-state index contributed by atoms with van der Waals surface area (Å²) < 4.78 is 5.60. The van der Waals surface area contributed by atoms with Crippen LogP contribution in [0.15, 0.2) is 36.7 Å². The second-order valence-electron chi connectivity index (χ2n) is 4.83. The van der Waals surface area contributed by atoms with Crippen LogP contribution in [0.3, 0.4) is 0 Å². The Morgan fingerprint density at radius 1 is 1.21 bits per heavy atom. The van der Waals surface area contributed by atoms with Crippen molar-refractivity contribution >= 4 is 0 Å². The van der Waals surface area contributed by atoms with Crippen LogP contribution in [-0.2, 0) is 6.54 Å². The molecular formula is C15H19N3O. The van der Waals surface area contributed by atoms with E-state index in [1.807, 2.05) is 31.2 Å². The van der Waals surface area contributed by atoms with E-state index in [0.717, 1.165) is 23.4 Å². The number of nitrogens with zero attached hydrogens (tertiary/aromatic N) is 2. The topological polar surface area (TPSA) is 47.0 Å². The van der Waals surface area contributed by atoms with Crippen molar-refractivity contribution in [2.45, 2.75) is 33.4 Å². The highest BCUT2D eigenvalue weighted by Gasteiger charge is 2.02. The van der Waals surface area contributed by atoms with Gasteiger partial charge in [-0.1, -0.05) is 26.0 Å². The lowest BCUT2D eigenvalue weighted by Crippen LogP contribution is -2.21. The van der Waals surface area contributed by atoms with Crippen LogP contribution in [0.2, 0.25) is 0 Å². The summed E-state index contributed by atoms with van der Waals surface area (Å²) in [4.78, 5) is 8.42. The molecule has 4 heteroatoms. The molecule has 0 aliphatic heterocycles. The first-order valence-electron chi connectivity index (χ1n) is 6.42. The third-order valence-corrected chi connectivity index (χ3v) is 2.59. The molecule has 1 aromatic heterocycles. The number of hydrogen-bond acceptors (Lipinski definition) is 4. The van der Waals surface area contributed by atoms with Crippen LogP contribution >= 0.6 is 0 Å². The van der Waals surface area contributed by atoms with Crippen LogP contribution < -0.4 is 10.1 Å². The monoisotopic (exact) mass is 257 g/mol. The molecule has 0 unspecified atom stereocenters. The molecule has 100 valence electrons. The van der Waals surface area contributed by atoms with Crippen molar-refractivity contribution in [1.82, 2.24) is 15.3 Å². The van der Waals surface area contributed by atoms with Crippen molar-refractivity contribution in [3.05, 3.63) is 47.8 Å². The predicted molar refractivity (Wildman–Crippen MR) is 75.3 cm³/mol. The van der Waals surface area contributed by atoms with Crippen LogP contribution in [0.25, 0.3) is 0 Å². The first-order valence-corrected chi connectivity index (χ1v) is 6.42. The van der Waals surface area contributed by atoms with E-state index >= 15 is 0 Å². The van der Waals surface area contributed by atoms with E-state index in [9.17, 15) is 0 Å². The van der Waals surface area contributed by atoms with E-state index < -0.39 is 0 Å². The zero-order chi connectivity index (χ0) is 13.7. The molecule has 4 nitrogen and oxygen atoms in total. The molecule has 0 fully saturated rings. The highest BCUT2D eigenvalue weighted by Crippen LogP contribution is 2.18. The van der Waals surface area contributed by atoms with Gasteiger partial charge in [0.15, 0.2) is 0 Å². The minimum Gasteiger partial charge on any atom is -0.424 e. The number of aryl methyl sites for hydroxylation is 1. The van der Waals surface area contributed by atoms with E-state index in [1.54, 1.807) is 12.4 Å². The predicted octanol–water partition coefficient (Wildman–Crippen LogP) is 3.08. The van der Waals surface area contributed by atoms with Gasteiger partial charge in [-0.3, -0.25) is 0 Å². The largest absolute Gasteiger partial charge is 0.424 e. The third-order valence-electron chi connectivity index (χ3n) is 2.59. The molecule has 0 aliphatic rings. The Morgan fingerprint density at radius 2 is 1.95 bits per heavy atom. The lowest BCUT2D eigenvalue weighted by atomic mass is 10.2. The second kappa shape index (κ2) is 6.29. The Balaban J connectivity index is 1.98. The van der Waals surface area contributed by atoms with E-state index in [2.05, 4.69) is 29.1 Å². The number of hydrogen-bond donors (Lipinski definition) is 1. The van der Waals surface area contributed by atoms with Crippen molar-refractivity contribution < 1.29 is 4.74 Å². The van der Waals surface area contributed by atoms with Gasteiger partial charge in [0.05, 0.1) is 0 Å². The minimum atomic E-state index is 0.374. The number of benzene rings is 1. The van der Waals surface area contributed by atoms with Crippen molar-refractivity contribution in [1.29, 1.82) is 0 Å². The summed E-state index contributed by atoms with van der Waals surface area (Å²) in [6.07, 6.45) is 3.57. The summed E-state index contributed by atoms with van der Waals surface area (Å²) >= 11 is 0. The van der Waals surface area contributed by atoms with Crippen LogP contribution in [0.4, 0.5) is 0 Å². The van der Waals surface area contributed by atoms with E-state index in [1.165, 1.54) is 0 Å². The summed E-state index contributed by atoms with van der Waals surface area (Å²) in [6.45, 7) is 7.00. The van der Waals surface area contributed by atoms with E-state index in [-0.39, 0.29) is 0 Å². The van der Waals surface area contributed by atoms with E-state index in [0.29, 0.717) is 12.1 Å². The molecule has 0 amide bonds. The summed E-state index contributed by atoms with van der Waals surface area (Å²) in [5.41, 5.74) is 2.19. The molecule has 19 heavy (non-hydrogen) atoms. The standard InChI is InChI=1S/C15H19N3O/c1-11(2)16-8-13-9-17-15(18-10-13)19-14-6-4-5-12(3)7-14/h4-7,9-11,16H,8H2,1-3H3. The molecule has 1 N–H and O–H groups in total. The van der Waals surface area contributed by atoms with E-state index in [4.69, 9.17) is 4.74 Å². The van der Waals surface area contributed by atoms with Crippen molar-refractivity contribution in [3.63, 3.8) is 0 Å². The molecule has 0 spiro atoms. The normalized spacial score (nSPS) is 10.7. The summed E-state index contributed by atoms with van der Waals surface area (Å²) in [7, 11) is 0. The Kier molecular flexibility index (Phi) is 4.47. The molecule has 0 saturated carbocycles. The lowest BCUT2D eigenvalue weighted by Gasteiger charge is -2.08. The van der Waals surface area contributed by atoms with Gasteiger partial charge in [-0.15, -0.1) is 0 Å². The average Bonchev–Trinajstić information content (AvgIpc) is 2.38. The zero-order valence-electron chi connectivity index (χ0n) is 11.6. The number of aromatic nitrogens is 2. The maximum absolute atomic E-state index is 5.60. The average molecular weight is 257 g/mol. The lowest BCUT2D eigenvalue weighted by molar-refractivity contribution is 0.440. The van der Waals surface area contributed by atoms with Crippen LogP contribution in [0.5, 0.6) is 11.8 Å². The Hall–Kier alpha value is -1.94. The zero-order valence-corrected chi connectivity index (χ0v) is 11.6. The minimum absolute atomic E-state index is 0.374. The van der Waals surface area contributed by atoms with Crippen LogP contribution in [0, 0.1) is 6.92 Å². The van der Waals surface area contributed by atoms with Crippen LogP contribution in [0.1, 0.15) is 25.0 Å². The molecule has 0 bridgehead atoms. The number of rotatable bonds is 5. The number of ether oxygens (including phenoxy) is 1.